The lowest BCUT2D eigenvalue weighted by Crippen LogP contribution is -2.34. The van der Waals surface area contributed by atoms with Crippen LogP contribution in [0.5, 0.6) is 0 Å². The van der Waals surface area contributed by atoms with Gasteiger partial charge in [-0.2, -0.15) is 0 Å². The van der Waals surface area contributed by atoms with Gasteiger partial charge in [-0.05, 0) is 0 Å². The van der Waals surface area contributed by atoms with E-state index in [2.05, 4.69) is 0 Å². The van der Waals surface area contributed by atoms with Crippen LogP contribution in [0.2, 0.25) is 0 Å². The van der Waals surface area contributed by atoms with Crippen molar-refractivity contribution in [3.63, 3.8) is 0 Å². The van der Waals surface area contributed by atoms with E-state index in [1.807, 2.05) is 0 Å². The van der Waals surface area contributed by atoms with E-state index in [1.54, 1.807) is 14.1 Å². The molecule has 0 heterocycles. The van der Waals surface area contributed by atoms with E-state index in [4.69, 9.17) is 11.5 Å². The van der Waals surface area contributed by atoms with Crippen LogP contribution < -0.4 is 11.5 Å². The molecule has 0 aliphatic heterocycles. The quantitative estimate of drug-likeness (QED) is 0.404. The van der Waals surface area contributed by atoms with Crippen LogP contribution >= 0.6 is 0 Å². The number of amides is 2. The van der Waals surface area contributed by atoms with Gasteiger partial charge in [-0.25, -0.2) is 0 Å². The first-order valence-corrected chi connectivity index (χ1v) is 3.56. The van der Waals surface area contributed by atoms with Crippen LogP contribution in [0.1, 0.15) is 0 Å². The highest BCUT2D eigenvalue weighted by molar-refractivity contribution is 5.92. The van der Waals surface area contributed by atoms with E-state index < -0.39 is 5.91 Å². The van der Waals surface area contributed by atoms with Crippen LogP contribution in [-0.4, -0.2) is 43.3 Å². The van der Waals surface area contributed by atoms with Crippen molar-refractivity contribution in [2.45, 2.75) is 0 Å². The summed E-state index contributed by atoms with van der Waals surface area (Å²) in [5, 5.41) is 0. The molecule has 0 bridgehead atoms. The van der Waals surface area contributed by atoms with E-state index in [9.17, 15) is 9.59 Å². The molecule has 2 amide bonds. The van der Waals surface area contributed by atoms with Crippen molar-refractivity contribution in [2.75, 3.05) is 21.1 Å². The number of nitrogens with two attached hydrogens (primary N) is 2. The third-order valence-electron chi connectivity index (χ3n) is 1.45. The van der Waals surface area contributed by atoms with Crippen LogP contribution in [0.25, 0.3) is 0 Å². The largest absolute Gasteiger partial charge is 0.391 e. The van der Waals surface area contributed by atoms with Crippen molar-refractivity contribution in [3.05, 3.63) is 11.5 Å². The van der Waals surface area contributed by atoms with Gasteiger partial charge in [-0.1, -0.05) is 0 Å². The second-order valence-electron chi connectivity index (χ2n) is 2.71. The van der Waals surface area contributed by atoms with Crippen molar-refractivity contribution in [1.82, 2.24) is 9.80 Å². The van der Waals surface area contributed by atoms with Gasteiger partial charge in [-0.15, -0.1) is 0 Å². The molecule has 0 fully saturated rings. The normalized spacial score (nSPS) is 11.6. The molecule has 0 radical (unpaired) electrons. The molecule has 13 heavy (non-hydrogen) atoms. The molecule has 0 saturated carbocycles. The highest BCUT2D eigenvalue weighted by Gasteiger charge is 2.13. The molecule has 4 N–H and O–H groups in total. The Kier molecular flexibility index (Phi) is 3.77. The Labute approximate surface area is 76.8 Å². The average molecular weight is 186 g/mol. The Balaban J connectivity index is 4.80. The first-order valence-electron chi connectivity index (χ1n) is 3.56. The summed E-state index contributed by atoms with van der Waals surface area (Å²) in [6.45, 7) is 0. The van der Waals surface area contributed by atoms with Gasteiger partial charge in [0.25, 0.3) is 5.91 Å². The molecule has 0 aliphatic rings. The maximum Gasteiger partial charge on any atom is 0.272 e. The van der Waals surface area contributed by atoms with Gasteiger partial charge < -0.3 is 21.3 Å². The minimum Gasteiger partial charge on any atom is -0.391 e. The van der Waals surface area contributed by atoms with E-state index in [-0.39, 0.29) is 11.5 Å². The van der Waals surface area contributed by atoms with Crippen LogP contribution in [0.15, 0.2) is 11.5 Å². The summed E-state index contributed by atoms with van der Waals surface area (Å²) < 4.78 is 0. The molecular weight excluding hydrogens is 172 g/mol. The number of hydrogen-bond acceptors (Lipinski definition) is 4. The van der Waals surface area contributed by atoms with Gasteiger partial charge in [0.1, 0.15) is 11.5 Å². The standard InChI is InChI=1S/C7H14N4O2/c1-10(2)7(13)5(8)6(9)11(3)4-12/h4H,8-9H2,1-3H3/b6-5+. The van der Waals surface area contributed by atoms with Gasteiger partial charge in [-0.3, -0.25) is 9.59 Å². The maximum absolute atomic E-state index is 11.2. The topological polar surface area (TPSA) is 92.7 Å². The predicted molar refractivity (Wildman–Crippen MR) is 47.9 cm³/mol. The van der Waals surface area contributed by atoms with E-state index in [0.29, 0.717) is 6.41 Å². The lowest BCUT2D eigenvalue weighted by Gasteiger charge is -2.16. The molecule has 6 nitrogen and oxygen atoms in total. The van der Waals surface area contributed by atoms with Crippen molar-refractivity contribution in [3.8, 4) is 0 Å². The van der Waals surface area contributed by atoms with Crippen molar-refractivity contribution >= 4 is 12.3 Å². The molecule has 74 valence electrons. The Hall–Kier alpha value is -1.72. The van der Waals surface area contributed by atoms with Gasteiger partial charge in [0.15, 0.2) is 0 Å². The molecule has 0 aromatic carbocycles. The number of carbonyl (C=O) groups is 2. The molecule has 0 atom stereocenters. The zero-order valence-electron chi connectivity index (χ0n) is 7.94. The second-order valence-corrected chi connectivity index (χ2v) is 2.71. The van der Waals surface area contributed by atoms with Crippen molar-refractivity contribution in [2.24, 2.45) is 11.5 Å². The van der Waals surface area contributed by atoms with E-state index in [0.717, 1.165) is 4.90 Å². The highest BCUT2D eigenvalue weighted by Crippen LogP contribution is 1.97. The molecule has 6 heteroatoms. The summed E-state index contributed by atoms with van der Waals surface area (Å²) in [5.41, 5.74) is 10.7. The lowest BCUT2D eigenvalue weighted by molar-refractivity contribution is -0.124. The first-order chi connectivity index (χ1) is 5.91. The molecule has 0 spiro atoms. The zero-order chi connectivity index (χ0) is 10.6. The zero-order valence-corrected chi connectivity index (χ0v) is 7.94. The molecular formula is C7H14N4O2. The van der Waals surface area contributed by atoms with Gasteiger partial charge in [0.2, 0.25) is 6.41 Å². The minimum atomic E-state index is -0.425. The van der Waals surface area contributed by atoms with Gasteiger partial charge >= 0.3 is 0 Å². The minimum absolute atomic E-state index is 0.0475. The van der Waals surface area contributed by atoms with Crippen LogP contribution in [0.4, 0.5) is 0 Å². The summed E-state index contributed by atoms with van der Waals surface area (Å²) in [6.07, 6.45) is 0.477. The number of nitrogens with zero attached hydrogens (tertiary/aromatic N) is 2. The fourth-order valence-electron chi connectivity index (χ4n) is 0.597. The smallest absolute Gasteiger partial charge is 0.272 e. The summed E-state index contributed by atoms with van der Waals surface area (Å²) in [5.74, 6) is -0.472. The Morgan fingerprint density at radius 3 is 2.00 bits per heavy atom. The number of rotatable bonds is 3. The van der Waals surface area contributed by atoms with E-state index in [1.165, 1.54) is 11.9 Å². The summed E-state index contributed by atoms with van der Waals surface area (Å²) in [6, 6.07) is 0. The predicted octanol–water partition coefficient (Wildman–Crippen LogP) is -1.75. The number of likely N-dealkylation sites (N-methyl/N-ethyl adjacent to an activating group) is 1. The molecule has 0 rings (SSSR count). The van der Waals surface area contributed by atoms with Crippen LogP contribution in [0.3, 0.4) is 0 Å². The monoisotopic (exact) mass is 186 g/mol. The molecule has 0 saturated heterocycles. The van der Waals surface area contributed by atoms with Gasteiger partial charge in [0, 0.05) is 21.1 Å². The molecule has 0 aliphatic carbocycles. The summed E-state index contributed by atoms with van der Waals surface area (Å²) >= 11 is 0. The van der Waals surface area contributed by atoms with Crippen LogP contribution in [0, 0.1) is 0 Å². The Morgan fingerprint density at radius 1 is 1.23 bits per heavy atom. The fraction of sp³-hybridized carbons (Fsp3) is 0.429. The number of hydrogen-bond donors (Lipinski definition) is 2. The second kappa shape index (κ2) is 4.34. The van der Waals surface area contributed by atoms with Gasteiger partial charge in [0.05, 0.1) is 0 Å². The molecule has 0 unspecified atom stereocenters. The van der Waals surface area contributed by atoms with Crippen molar-refractivity contribution in [1.29, 1.82) is 0 Å². The third-order valence-corrected chi connectivity index (χ3v) is 1.45. The lowest BCUT2D eigenvalue weighted by atomic mass is 10.4. The fourth-order valence-corrected chi connectivity index (χ4v) is 0.597. The van der Waals surface area contributed by atoms with Crippen molar-refractivity contribution < 1.29 is 9.59 Å². The Bertz CT molecular complexity index is 247. The maximum atomic E-state index is 11.2. The Morgan fingerprint density at radius 2 is 1.69 bits per heavy atom. The molecule has 0 aromatic rings. The highest BCUT2D eigenvalue weighted by atomic mass is 16.2. The first kappa shape index (κ1) is 11.3. The van der Waals surface area contributed by atoms with Crippen LogP contribution in [-0.2, 0) is 9.59 Å². The van der Waals surface area contributed by atoms with E-state index >= 15 is 0 Å². The third kappa shape index (κ3) is 2.66. The summed E-state index contributed by atoms with van der Waals surface area (Å²) in [4.78, 5) is 23.8. The summed E-state index contributed by atoms with van der Waals surface area (Å²) in [7, 11) is 4.50. The molecule has 0 aromatic heterocycles. The SMILES string of the molecule is CN(C)C(=O)/C(N)=C(/N)N(C)C=O. The average Bonchev–Trinajstić information content (AvgIpc) is 2.12. The number of carbonyl (C=O) groups excluding carboxylic acids is 2.